The number of aromatic nitrogens is 1. The molecule has 1 unspecified atom stereocenters. The minimum atomic E-state index is -0.773. The number of aryl methyl sites for hydroxylation is 1. The van der Waals surface area contributed by atoms with E-state index in [0.717, 1.165) is 18.5 Å². The van der Waals surface area contributed by atoms with Gasteiger partial charge in [-0.2, -0.15) is 0 Å². The highest BCUT2D eigenvalue weighted by atomic mass is 35.5. The number of amides is 1. The van der Waals surface area contributed by atoms with Gasteiger partial charge in [-0.05, 0) is 75.8 Å². The van der Waals surface area contributed by atoms with Crippen molar-refractivity contribution in [3.05, 3.63) is 69.8 Å². The number of alkyl carbamates (subject to hydrolysis) is 1. The zero-order valence-corrected chi connectivity index (χ0v) is 18.0. The van der Waals surface area contributed by atoms with E-state index in [1.54, 1.807) is 27.0 Å². The number of amidine groups is 1. The van der Waals surface area contributed by atoms with Crippen LogP contribution in [0, 0.1) is 17.1 Å². The summed E-state index contributed by atoms with van der Waals surface area (Å²) in [4.78, 5) is 16.2. The molecule has 158 valence electrons. The molecule has 1 aliphatic carbocycles. The number of hydrogen-bond donors (Lipinski definition) is 2. The summed E-state index contributed by atoms with van der Waals surface area (Å²) < 4.78 is 20.0. The maximum absolute atomic E-state index is 14.8. The molecule has 1 atom stereocenters. The lowest BCUT2D eigenvalue weighted by Crippen LogP contribution is -2.36. The number of hydrogen-bond acceptors (Lipinski definition) is 4. The van der Waals surface area contributed by atoms with Gasteiger partial charge in [0.15, 0.2) is 0 Å². The SMILES string of the molecule is CC(C)(C)OC(=O)NC(=N)c1cc(F)c(CC2C=Cc3ncccc3CC2)c(Cl)c1. The van der Waals surface area contributed by atoms with E-state index < -0.39 is 17.5 Å². The number of halogens is 2. The maximum atomic E-state index is 14.8. The topological polar surface area (TPSA) is 75.1 Å². The standard InChI is InChI=1S/C23H25ClFN3O2/c1-23(2,3)30-22(29)28-21(26)16-12-18(24)17(19(25)13-16)11-14-6-8-15-5-4-10-27-20(15)9-7-14/h4-5,7,9-10,12-14H,6,8,11H2,1-3H3,(H2,26,28,29). The van der Waals surface area contributed by atoms with Crippen LogP contribution in [0.2, 0.25) is 5.02 Å². The third kappa shape index (κ3) is 5.66. The lowest BCUT2D eigenvalue weighted by Gasteiger charge is -2.20. The van der Waals surface area contributed by atoms with Gasteiger partial charge in [-0.25, -0.2) is 9.18 Å². The quantitative estimate of drug-likeness (QED) is 0.496. The summed E-state index contributed by atoms with van der Waals surface area (Å²) in [5.41, 5.74) is 2.01. The first-order chi connectivity index (χ1) is 14.1. The molecule has 0 bridgehead atoms. The minimum Gasteiger partial charge on any atom is -0.444 e. The minimum absolute atomic E-state index is 0.122. The van der Waals surface area contributed by atoms with Crippen molar-refractivity contribution in [1.29, 1.82) is 5.41 Å². The van der Waals surface area contributed by atoms with E-state index in [1.165, 1.54) is 17.7 Å². The summed E-state index contributed by atoms with van der Waals surface area (Å²) in [6.07, 6.45) is 7.19. The van der Waals surface area contributed by atoms with E-state index in [1.807, 2.05) is 12.1 Å². The number of nitrogens with one attached hydrogen (secondary N) is 2. The predicted molar refractivity (Wildman–Crippen MR) is 116 cm³/mol. The highest BCUT2D eigenvalue weighted by Gasteiger charge is 2.20. The Labute approximate surface area is 180 Å². The molecule has 0 spiro atoms. The van der Waals surface area contributed by atoms with Gasteiger partial charge in [0.25, 0.3) is 0 Å². The molecule has 1 amide bonds. The van der Waals surface area contributed by atoms with Gasteiger partial charge in [0.2, 0.25) is 0 Å². The number of pyridine rings is 1. The number of rotatable bonds is 3. The molecule has 7 heteroatoms. The lowest BCUT2D eigenvalue weighted by atomic mass is 9.93. The molecule has 1 aliphatic rings. The average Bonchev–Trinajstić information content (AvgIpc) is 2.85. The van der Waals surface area contributed by atoms with Crippen molar-refractivity contribution < 1.29 is 13.9 Å². The largest absolute Gasteiger partial charge is 0.444 e. The van der Waals surface area contributed by atoms with Crippen molar-refractivity contribution >= 4 is 29.6 Å². The summed E-state index contributed by atoms with van der Waals surface area (Å²) >= 11 is 6.35. The van der Waals surface area contributed by atoms with Crippen molar-refractivity contribution in [2.75, 3.05) is 0 Å². The Hall–Kier alpha value is -2.73. The van der Waals surface area contributed by atoms with Gasteiger partial charge in [0, 0.05) is 22.3 Å². The molecule has 30 heavy (non-hydrogen) atoms. The van der Waals surface area contributed by atoms with Crippen LogP contribution in [0.25, 0.3) is 6.08 Å². The average molecular weight is 430 g/mol. The van der Waals surface area contributed by atoms with Gasteiger partial charge in [-0.3, -0.25) is 15.7 Å². The highest BCUT2D eigenvalue weighted by molar-refractivity contribution is 6.31. The third-order valence-corrected chi connectivity index (χ3v) is 5.10. The Kier molecular flexibility index (Phi) is 6.56. The Bertz CT molecular complexity index is 975. The molecule has 1 aromatic heterocycles. The number of ether oxygens (including phenoxy) is 1. The summed E-state index contributed by atoms with van der Waals surface area (Å²) in [6.45, 7) is 5.16. The van der Waals surface area contributed by atoms with Gasteiger partial charge in [-0.15, -0.1) is 0 Å². The Morgan fingerprint density at radius 2 is 2.17 bits per heavy atom. The number of carbonyl (C=O) groups excluding carboxylic acids is 1. The van der Waals surface area contributed by atoms with E-state index in [9.17, 15) is 9.18 Å². The van der Waals surface area contributed by atoms with Crippen molar-refractivity contribution in [2.24, 2.45) is 5.92 Å². The summed E-state index contributed by atoms with van der Waals surface area (Å²) in [5.74, 6) is -0.648. The fourth-order valence-electron chi connectivity index (χ4n) is 3.33. The molecule has 1 aromatic carbocycles. The second-order valence-electron chi connectivity index (χ2n) is 8.33. The van der Waals surface area contributed by atoms with Crippen LogP contribution in [0.4, 0.5) is 9.18 Å². The molecule has 5 nitrogen and oxygen atoms in total. The molecule has 1 heterocycles. The van der Waals surface area contributed by atoms with Crippen LogP contribution >= 0.6 is 11.6 Å². The second kappa shape index (κ2) is 8.96. The number of carbonyl (C=O) groups is 1. The van der Waals surface area contributed by atoms with Crippen molar-refractivity contribution in [3.8, 4) is 0 Å². The van der Waals surface area contributed by atoms with E-state index >= 15 is 0 Å². The van der Waals surface area contributed by atoms with Gasteiger partial charge in [0.1, 0.15) is 17.3 Å². The molecule has 0 saturated carbocycles. The maximum Gasteiger partial charge on any atom is 0.413 e. The van der Waals surface area contributed by atoms with Gasteiger partial charge in [0.05, 0.1) is 5.69 Å². The smallest absolute Gasteiger partial charge is 0.413 e. The second-order valence-corrected chi connectivity index (χ2v) is 8.74. The van der Waals surface area contributed by atoms with Crippen LogP contribution in [0.5, 0.6) is 0 Å². The molecule has 2 N–H and O–H groups in total. The van der Waals surface area contributed by atoms with Crippen LogP contribution in [0.15, 0.2) is 36.5 Å². The molecule has 0 fully saturated rings. The lowest BCUT2D eigenvalue weighted by molar-refractivity contribution is 0.0563. The Morgan fingerprint density at radius 1 is 1.40 bits per heavy atom. The summed E-state index contributed by atoms with van der Waals surface area (Å²) in [7, 11) is 0. The van der Waals surface area contributed by atoms with Crippen LogP contribution < -0.4 is 5.32 Å². The third-order valence-electron chi connectivity index (χ3n) is 4.76. The summed E-state index contributed by atoms with van der Waals surface area (Å²) in [6, 6.07) is 6.69. The fraction of sp³-hybridized carbons (Fsp3) is 0.348. The molecule has 0 radical (unpaired) electrons. The molecule has 2 aromatic rings. The van der Waals surface area contributed by atoms with Gasteiger partial charge in [-0.1, -0.05) is 23.7 Å². The highest BCUT2D eigenvalue weighted by Crippen LogP contribution is 2.29. The first-order valence-electron chi connectivity index (χ1n) is 9.81. The molecular formula is C23H25ClFN3O2. The van der Waals surface area contributed by atoms with Crippen molar-refractivity contribution in [3.63, 3.8) is 0 Å². The molecule has 0 saturated heterocycles. The van der Waals surface area contributed by atoms with Gasteiger partial charge < -0.3 is 4.74 Å². The fourth-order valence-corrected chi connectivity index (χ4v) is 3.61. The normalized spacial score (nSPS) is 15.8. The zero-order chi connectivity index (χ0) is 21.9. The zero-order valence-electron chi connectivity index (χ0n) is 17.3. The molecule has 3 rings (SSSR count). The number of nitrogens with zero attached hydrogens (tertiary/aromatic N) is 1. The van der Waals surface area contributed by atoms with E-state index in [2.05, 4.69) is 22.4 Å². The van der Waals surface area contributed by atoms with E-state index in [4.69, 9.17) is 21.7 Å². The van der Waals surface area contributed by atoms with Crippen LogP contribution in [0.3, 0.4) is 0 Å². The first kappa shape index (κ1) is 22.0. The van der Waals surface area contributed by atoms with Crippen LogP contribution in [-0.2, 0) is 17.6 Å². The number of fused-ring (bicyclic) bond motifs is 1. The molecule has 0 aliphatic heterocycles. The Balaban J connectivity index is 1.71. The first-order valence-corrected chi connectivity index (χ1v) is 10.2. The van der Waals surface area contributed by atoms with Crippen molar-refractivity contribution in [1.82, 2.24) is 10.3 Å². The van der Waals surface area contributed by atoms with Crippen LogP contribution in [0.1, 0.15) is 49.6 Å². The van der Waals surface area contributed by atoms with Crippen LogP contribution in [-0.4, -0.2) is 22.5 Å². The van der Waals surface area contributed by atoms with Crippen molar-refractivity contribution in [2.45, 2.75) is 45.6 Å². The Morgan fingerprint density at radius 3 is 2.87 bits per heavy atom. The number of benzene rings is 1. The van der Waals surface area contributed by atoms with E-state index in [0.29, 0.717) is 12.0 Å². The van der Waals surface area contributed by atoms with Gasteiger partial charge >= 0.3 is 6.09 Å². The van der Waals surface area contributed by atoms with E-state index in [-0.39, 0.29) is 22.3 Å². The number of allylic oxidation sites excluding steroid dienone is 1. The monoisotopic (exact) mass is 429 g/mol. The molecular weight excluding hydrogens is 405 g/mol. The predicted octanol–water partition coefficient (Wildman–Crippen LogP) is 5.54. The summed E-state index contributed by atoms with van der Waals surface area (Å²) in [5, 5.41) is 10.6.